The molecule has 0 aliphatic carbocycles. The summed E-state index contributed by atoms with van der Waals surface area (Å²) in [6.07, 6.45) is -3.54. The minimum absolute atomic E-state index is 0.0125. The quantitative estimate of drug-likeness (QED) is 0.795. The van der Waals surface area contributed by atoms with E-state index in [0.29, 0.717) is 37.6 Å². The first-order valence-corrected chi connectivity index (χ1v) is 8.53. The molecular formula is C18H18ClF3N3O+. The summed E-state index contributed by atoms with van der Waals surface area (Å²) in [5.74, 6) is 0.396. The normalized spacial score (nSPS) is 15.3. The van der Waals surface area contributed by atoms with E-state index in [1.165, 1.54) is 0 Å². The predicted octanol–water partition coefficient (Wildman–Crippen LogP) is 3.44. The van der Waals surface area contributed by atoms with Gasteiger partial charge in [0, 0.05) is 5.56 Å². The Morgan fingerprint density at radius 2 is 1.81 bits per heavy atom. The lowest BCUT2D eigenvalue weighted by atomic mass is 10.1. The number of rotatable bonds is 2. The fraction of sp³-hybridized carbons (Fsp3) is 0.333. The summed E-state index contributed by atoms with van der Waals surface area (Å²) in [5, 5.41) is 0.0125. The molecule has 2 aromatic rings. The molecule has 1 aliphatic heterocycles. The molecule has 0 atom stereocenters. The Balaban J connectivity index is 1.69. The van der Waals surface area contributed by atoms with Crippen molar-refractivity contribution in [2.24, 2.45) is 0 Å². The SMILES string of the molecule is Cc1ccccc1C(=O)N1CCN(c2[nH+]cc(C(F)(F)F)cc2Cl)CC1. The molecule has 0 spiro atoms. The van der Waals surface area contributed by atoms with Gasteiger partial charge in [-0.15, -0.1) is 0 Å². The van der Waals surface area contributed by atoms with Crippen LogP contribution in [0.3, 0.4) is 0 Å². The van der Waals surface area contributed by atoms with E-state index in [2.05, 4.69) is 4.98 Å². The first-order chi connectivity index (χ1) is 12.3. The zero-order chi connectivity index (χ0) is 18.9. The zero-order valence-corrected chi connectivity index (χ0v) is 14.9. The van der Waals surface area contributed by atoms with Gasteiger partial charge in [-0.2, -0.15) is 13.2 Å². The Labute approximate surface area is 154 Å². The molecule has 3 rings (SSSR count). The average Bonchev–Trinajstić information content (AvgIpc) is 2.61. The van der Waals surface area contributed by atoms with Crippen LogP contribution < -0.4 is 9.88 Å². The highest BCUT2D eigenvalue weighted by molar-refractivity contribution is 6.32. The van der Waals surface area contributed by atoms with Gasteiger partial charge in [0.15, 0.2) is 0 Å². The summed E-state index contributed by atoms with van der Waals surface area (Å²) >= 11 is 6.03. The second-order valence-corrected chi connectivity index (χ2v) is 6.58. The summed E-state index contributed by atoms with van der Waals surface area (Å²) in [5.41, 5.74) is 0.763. The third kappa shape index (κ3) is 3.77. The Hall–Kier alpha value is -2.28. The van der Waals surface area contributed by atoms with Crippen LogP contribution in [0, 0.1) is 6.92 Å². The van der Waals surface area contributed by atoms with Crippen molar-refractivity contribution in [3.05, 3.63) is 58.2 Å². The van der Waals surface area contributed by atoms with Crippen molar-refractivity contribution < 1.29 is 22.9 Å². The van der Waals surface area contributed by atoms with E-state index >= 15 is 0 Å². The monoisotopic (exact) mass is 384 g/mol. The van der Waals surface area contributed by atoms with Crippen molar-refractivity contribution in [1.29, 1.82) is 0 Å². The molecule has 26 heavy (non-hydrogen) atoms. The van der Waals surface area contributed by atoms with Gasteiger partial charge in [0.1, 0.15) is 24.3 Å². The van der Waals surface area contributed by atoms with E-state index in [4.69, 9.17) is 11.6 Å². The number of halogens is 4. The number of aryl methyl sites for hydroxylation is 1. The molecule has 8 heteroatoms. The molecule has 0 radical (unpaired) electrons. The van der Waals surface area contributed by atoms with Crippen molar-refractivity contribution >= 4 is 23.3 Å². The number of nitrogens with one attached hydrogen (secondary N) is 1. The number of aromatic amines is 1. The van der Waals surface area contributed by atoms with E-state index in [-0.39, 0.29) is 10.9 Å². The fourth-order valence-electron chi connectivity index (χ4n) is 2.98. The van der Waals surface area contributed by atoms with Gasteiger partial charge in [0.25, 0.3) is 11.7 Å². The van der Waals surface area contributed by atoms with Crippen LogP contribution in [0.2, 0.25) is 5.02 Å². The van der Waals surface area contributed by atoms with Gasteiger partial charge in [0.2, 0.25) is 0 Å². The smallest absolute Gasteiger partial charge is 0.331 e. The van der Waals surface area contributed by atoms with Crippen LogP contribution in [-0.4, -0.2) is 37.0 Å². The first kappa shape index (κ1) is 18.5. The number of hydrogen-bond acceptors (Lipinski definition) is 2. The molecule has 1 aromatic heterocycles. The van der Waals surface area contributed by atoms with E-state index in [9.17, 15) is 18.0 Å². The number of aromatic nitrogens is 1. The van der Waals surface area contributed by atoms with Gasteiger partial charge < -0.3 is 4.90 Å². The first-order valence-electron chi connectivity index (χ1n) is 8.15. The van der Waals surface area contributed by atoms with Gasteiger partial charge in [-0.3, -0.25) is 9.69 Å². The third-order valence-electron chi connectivity index (χ3n) is 4.46. The van der Waals surface area contributed by atoms with Crippen molar-refractivity contribution in [1.82, 2.24) is 4.90 Å². The maximum Gasteiger partial charge on any atom is 0.419 e. The Kier molecular flexibility index (Phi) is 5.09. The largest absolute Gasteiger partial charge is 0.419 e. The van der Waals surface area contributed by atoms with Crippen molar-refractivity contribution in [2.75, 3.05) is 31.1 Å². The number of H-pyrrole nitrogens is 1. The molecule has 1 saturated heterocycles. The molecule has 2 heterocycles. The van der Waals surface area contributed by atoms with Crippen LogP contribution in [0.4, 0.5) is 19.0 Å². The van der Waals surface area contributed by atoms with Gasteiger partial charge >= 0.3 is 6.18 Å². The van der Waals surface area contributed by atoms with Crippen LogP contribution in [0.25, 0.3) is 0 Å². The molecular weight excluding hydrogens is 367 g/mol. The molecule has 138 valence electrons. The molecule has 1 N–H and O–H groups in total. The minimum atomic E-state index is -4.45. The molecule has 1 aromatic carbocycles. The fourth-order valence-corrected chi connectivity index (χ4v) is 3.28. The van der Waals surface area contributed by atoms with E-state index in [0.717, 1.165) is 17.8 Å². The van der Waals surface area contributed by atoms with Crippen LogP contribution in [0.15, 0.2) is 36.5 Å². The van der Waals surface area contributed by atoms with Crippen LogP contribution >= 0.6 is 11.6 Å². The maximum atomic E-state index is 12.7. The number of alkyl halides is 3. The number of carbonyl (C=O) groups excluding carboxylic acids is 1. The third-order valence-corrected chi connectivity index (χ3v) is 4.75. The lowest BCUT2D eigenvalue weighted by molar-refractivity contribution is -0.367. The minimum Gasteiger partial charge on any atom is -0.331 e. The zero-order valence-electron chi connectivity index (χ0n) is 14.1. The number of anilines is 1. The summed E-state index contributed by atoms with van der Waals surface area (Å²) in [7, 11) is 0. The van der Waals surface area contributed by atoms with Crippen molar-refractivity contribution in [3.63, 3.8) is 0 Å². The Bertz CT molecular complexity index is 818. The Morgan fingerprint density at radius 1 is 1.15 bits per heavy atom. The number of pyridine rings is 1. The molecule has 0 bridgehead atoms. The van der Waals surface area contributed by atoms with E-state index < -0.39 is 11.7 Å². The number of amides is 1. The summed E-state index contributed by atoms with van der Waals surface area (Å²) < 4.78 is 38.2. The second-order valence-electron chi connectivity index (χ2n) is 6.18. The van der Waals surface area contributed by atoms with Crippen LogP contribution in [0.5, 0.6) is 0 Å². The number of piperazine rings is 1. The van der Waals surface area contributed by atoms with Gasteiger partial charge in [-0.05, 0) is 24.6 Å². The summed E-state index contributed by atoms with van der Waals surface area (Å²) in [4.78, 5) is 18.9. The molecule has 0 unspecified atom stereocenters. The van der Waals surface area contributed by atoms with Gasteiger partial charge in [-0.25, -0.2) is 4.98 Å². The van der Waals surface area contributed by atoms with Crippen LogP contribution in [-0.2, 0) is 6.18 Å². The number of nitrogens with zero attached hydrogens (tertiary/aromatic N) is 2. The Morgan fingerprint density at radius 3 is 2.38 bits per heavy atom. The topological polar surface area (TPSA) is 37.7 Å². The standard InChI is InChI=1S/C18H17ClF3N3O/c1-12-4-2-3-5-14(12)17(26)25-8-6-24(7-9-25)16-15(19)10-13(11-23-16)18(20,21)22/h2-5,10-11H,6-9H2,1H3/p+1. The average molecular weight is 385 g/mol. The lowest BCUT2D eigenvalue weighted by Crippen LogP contribution is -2.50. The second kappa shape index (κ2) is 7.15. The molecule has 4 nitrogen and oxygen atoms in total. The number of hydrogen-bond donors (Lipinski definition) is 0. The summed E-state index contributed by atoms with van der Waals surface area (Å²) in [6, 6.07) is 8.31. The summed E-state index contributed by atoms with van der Waals surface area (Å²) in [6.45, 7) is 3.80. The van der Waals surface area contributed by atoms with Gasteiger partial charge in [0.05, 0.1) is 18.7 Å². The van der Waals surface area contributed by atoms with Gasteiger partial charge in [-0.1, -0.05) is 29.8 Å². The van der Waals surface area contributed by atoms with Crippen LogP contribution in [0.1, 0.15) is 21.5 Å². The predicted molar refractivity (Wildman–Crippen MR) is 92.3 cm³/mol. The molecule has 1 aliphatic rings. The number of benzene rings is 1. The molecule has 1 fully saturated rings. The van der Waals surface area contributed by atoms with E-state index in [1.54, 1.807) is 11.0 Å². The van der Waals surface area contributed by atoms with E-state index in [1.807, 2.05) is 30.0 Å². The highest BCUT2D eigenvalue weighted by atomic mass is 35.5. The molecule has 1 amide bonds. The highest BCUT2D eigenvalue weighted by Gasteiger charge is 2.35. The number of carbonyl (C=O) groups is 1. The highest BCUT2D eigenvalue weighted by Crippen LogP contribution is 2.32. The maximum absolute atomic E-state index is 12.7. The molecule has 0 saturated carbocycles. The van der Waals surface area contributed by atoms with Crippen molar-refractivity contribution in [3.8, 4) is 0 Å². The van der Waals surface area contributed by atoms with Crippen molar-refractivity contribution in [2.45, 2.75) is 13.1 Å². The lowest BCUT2D eigenvalue weighted by Gasteiger charge is -2.31.